The van der Waals surface area contributed by atoms with Crippen LogP contribution in [0, 0.1) is 11.2 Å². The van der Waals surface area contributed by atoms with Gasteiger partial charge in [-0.3, -0.25) is 25.1 Å². The minimum absolute atomic E-state index is 0.0896. The predicted molar refractivity (Wildman–Crippen MR) is 125 cm³/mol. The molecule has 3 atom stereocenters. The van der Waals surface area contributed by atoms with Gasteiger partial charge in [0.05, 0.1) is 35.9 Å². The molecule has 14 heteroatoms. The Labute approximate surface area is 210 Å². The van der Waals surface area contributed by atoms with E-state index in [9.17, 15) is 19.2 Å². The summed E-state index contributed by atoms with van der Waals surface area (Å²) in [6, 6.07) is -0.219. The first kappa shape index (κ1) is 24.9. The normalized spacial score (nSPS) is 26.2. The van der Waals surface area contributed by atoms with Crippen LogP contribution in [0.2, 0.25) is 0 Å². The number of urea groups is 1. The molecule has 2 unspecified atom stereocenters. The first-order chi connectivity index (χ1) is 17.6. The minimum atomic E-state index is -1.75. The molecule has 6 rings (SSSR count). The Morgan fingerprint density at radius 1 is 1.16 bits per heavy atom. The summed E-state index contributed by atoms with van der Waals surface area (Å²) in [6.45, 7) is 4.08. The third-order valence-electron chi connectivity index (χ3n) is 6.96. The van der Waals surface area contributed by atoms with Gasteiger partial charge in [-0.2, -0.15) is 0 Å². The molecule has 1 aromatic heterocycles. The molecule has 0 saturated carbocycles. The number of rotatable bonds is 1. The van der Waals surface area contributed by atoms with Gasteiger partial charge >= 0.3 is 12.1 Å². The Balaban J connectivity index is 0.000000892. The molecule has 2 aromatic rings. The lowest BCUT2D eigenvalue weighted by Crippen LogP contribution is -2.75. The number of anilines is 2. The molecule has 1 spiro atoms. The van der Waals surface area contributed by atoms with Crippen LogP contribution in [0.25, 0.3) is 11.0 Å². The van der Waals surface area contributed by atoms with Gasteiger partial charge in [-0.15, -0.1) is 0 Å². The maximum atomic E-state index is 16.0. The van der Waals surface area contributed by atoms with Gasteiger partial charge < -0.3 is 23.6 Å². The van der Waals surface area contributed by atoms with Crippen LogP contribution >= 0.6 is 0 Å². The number of halogens is 1. The van der Waals surface area contributed by atoms with Crippen molar-refractivity contribution in [1.29, 1.82) is 0 Å². The number of nitrogens with one attached hydrogen (secondary N) is 2. The smallest absolute Gasteiger partial charge is 0.415 e. The lowest BCUT2D eigenvalue weighted by Gasteiger charge is -2.55. The van der Waals surface area contributed by atoms with Crippen molar-refractivity contribution in [3.8, 4) is 0 Å². The molecule has 37 heavy (non-hydrogen) atoms. The van der Waals surface area contributed by atoms with Crippen molar-refractivity contribution in [1.82, 2.24) is 15.8 Å². The molecule has 3 saturated heterocycles. The summed E-state index contributed by atoms with van der Waals surface area (Å²) in [5, 5.41) is 8.49. The van der Waals surface area contributed by atoms with E-state index in [0.29, 0.717) is 5.56 Å². The van der Waals surface area contributed by atoms with E-state index in [-0.39, 0.29) is 54.7 Å². The number of carbonyl (C=O) groups excluding carboxylic acids is 4. The van der Waals surface area contributed by atoms with E-state index >= 15 is 4.39 Å². The summed E-state index contributed by atoms with van der Waals surface area (Å²) in [6.07, 6.45) is -1.80. The van der Waals surface area contributed by atoms with Crippen LogP contribution < -0.4 is 20.4 Å². The lowest BCUT2D eigenvalue weighted by atomic mass is 9.66. The van der Waals surface area contributed by atoms with Crippen LogP contribution in [0.5, 0.6) is 0 Å². The number of hydrogen-bond acceptors (Lipinski definition) is 10. The Kier molecular flexibility index (Phi) is 6.02. The first-order valence-corrected chi connectivity index (χ1v) is 11.7. The first-order valence-electron chi connectivity index (χ1n) is 11.7. The summed E-state index contributed by atoms with van der Waals surface area (Å²) in [4.78, 5) is 53.2. The molecule has 4 aliphatic heterocycles. The zero-order valence-corrected chi connectivity index (χ0v) is 20.6. The molecule has 3 fully saturated rings. The van der Waals surface area contributed by atoms with Crippen LogP contribution in [0.1, 0.15) is 19.4 Å². The van der Waals surface area contributed by atoms with Crippen molar-refractivity contribution < 1.29 is 42.3 Å². The topological polar surface area (TPSA) is 153 Å². The summed E-state index contributed by atoms with van der Waals surface area (Å²) in [5.41, 5.74) is -1.37. The molecule has 5 amide bonds. The quantitative estimate of drug-likeness (QED) is 0.524. The molecule has 13 nitrogen and oxygen atoms in total. The van der Waals surface area contributed by atoms with E-state index in [0.717, 1.165) is 0 Å². The number of imide groups is 2. The van der Waals surface area contributed by atoms with E-state index in [1.165, 1.54) is 4.90 Å². The van der Waals surface area contributed by atoms with Crippen molar-refractivity contribution in [2.45, 2.75) is 38.5 Å². The van der Waals surface area contributed by atoms with Gasteiger partial charge in [0.25, 0.3) is 0 Å². The van der Waals surface area contributed by atoms with E-state index in [1.54, 1.807) is 39.0 Å². The fraction of sp³-hybridized carbons (Fsp3) is 0.522. The number of barbiturate groups is 1. The number of hydrogen-bond donors (Lipinski definition) is 2. The molecule has 0 bridgehead atoms. The molecule has 5 heterocycles. The third-order valence-corrected chi connectivity index (χ3v) is 6.96. The maximum absolute atomic E-state index is 16.0. The number of morpholine rings is 1. The van der Waals surface area contributed by atoms with Crippen molar-refractivity contribution in [2.24, 2.45) is 5.41 Å². The average molecular weight is 519 g/mol. The van der Waals surface area contributed by atoms with Gasteiger partial charge in [0.2, 0.25) is 17.4 Å². The van der Waals surface area contributed by atoms with Crippen molar-refractivity contribution in [3.05, 3.63) is 17.4 Å². The van der Waals surface area contributed by atoms with E-state index in [1.807, 2.05) is 0 Å². The number of fused-ring (bicyclic) bond motifs is 5. The SMILES string of the molecule is CC1O[C@H](C)CN2c3c(cc4c(N5CCOC5=O)noc4c3F)CC3(C(=O)NC(=O)NC3=O)C12.COC. The molecule has 198 valence electrons. The largest absolute Gasteiger partial charge is 0.447 e. The number of nitrogens with zero attached hydrogens (tertiary/aromatic N) is 3. The second-order valence-corrected chi connectivity index (χ2v) is 9.39. The average Bonchev–Trinajstić information content (AvgIpc) is 3.43. The molecule has 4 aliphatic rings. The Hall–Kier alpha value is -3.78. The van der Waals surface area contributed by atoms with Gasteiger partial charge in [-0.1, -0.05) is 5.16 Å². The van der Waals surface area contributed by atoms with Crippen LogP contribution in [0.4, 0.5) is 25.5 Å². The Morgan fingerprint density at radius 2 is 1.84 bits per heavy atom. The highest BCUT2D eigenvalue weighted by atomic mass is 19.1. The summed E-state index contributed by atoms with van der Waals surface area (Å²) in [5.74, 6) is -2.18. The van der Waals surface area contributed by atoms with Gasteiger partial charge in [-0.05, 0) is 25.5 Å². The van der Waals surface area contributed by atoms with E-state index in [4.69, 9.17) is 14.0 Å². The second kappa shape index (κ2) is 8.95. The number of methoxy groups -OCH3 is 1. The van der Waals surface area contributed by atoms with Crippen molar-refractivity contribution in [3.63, 3.8) is 0 Å². The van der Waals surface area contributed by atoms with E-state index in [2.05, 4.69) is 20.5 Å². The summed E-state index contributed by atoms with van der Waals surface area (Å²) >= 11 is 0. The summed E-state index contributed by atoms with van der Waals surface area (Å²) in [7, 11) is 3.25. The minimum Gasteiger partial charge on any atom is -0.447 e. The number of carbonyl (C=O) groups is 4. The predicted octanol–water partition coefficient (Wildman–Crippen LogP) is 1.08. The van der Waals surface area contributed by atoms with Crippen molar-refractivity contribution in [2.75, 3.05) is 43.7 Å². The number of benzene rings is 1. The van der Waals surface area contributed by atoms with E-state index < -0.39 is 47.3 Å². The third kappa shape index (κ3) is 3.62. The summed E-state index contributed by atoms with van der Waals surface area (Å²) < 4.78 is 36.4. The number of aromatic nitrogens is 1. The van der Waals surface area contributed by atoms with Crippen LogP contribution in [0.3, 0.4) is 0 Å². The second-order valence-electron chi connectivity index (χ2n) is 9.39. The molecular formula is C23H26FN5O8. The molecule has 1 aromatic carbocycles. The van der Waals surface area contributed by atoms with Crippen LogP contribution in [-0.2, 0) is 30.2 Å². The van der Waals surface area contributed by atoms with Crippen LogP contribution in [0.15, 0.2) is 10.6 Å². The zero-order valence-electron chi connectivity index (χ0n) is 20.6. The monoisotopic (exact) mass is 519 g/mol. The highest BCUT2D eigenvalue weighted by molar-refractivity contribution is 6.20. The Morgan fingerprint density at radius 3 is 2.46 bits per heavy atom. The fourth-order valence-corrected chi connectivity index (χ4v) is 5.72. The number of amides is 5. The van der Waals surface area contributed by atoms with Gasteiger partial charge in [-0.25, -0.2) is 14.0 Å². The van der Waals surface area contributed by atoms with Gasteiger partial charge in [0.15, 0.2) is 17.1 Å². The van der Waals surface area contributed by atoms with Crippen molar-refractivity contribution >= 4 is 46.4 Å². The molecule has 0 radical (unpaired) electrons. The highest BCUT2D eigenvalue weighted by Crippen LogP contribution is 2.49. The van der Waals surface area contributed by atoms with Crippen LogP contribution in [-0.4, -0.2) is 81.3 Å². The number of cyclic esters (lactones) is 1. The molecular weight excluding hydrogens is 493 g/mol. The molecule has 0 aliphatic carbocycles. The zero-order chi connectivity index (χ0) is 26.6. The highest BCUT2D eigenvalue weighted by Gasteiger charge is 2.63. The lowest BCUT2D eigenvalue weighted by molar-refractivity contribution is -0.153. The van der Waals surface area contributed by atoms with Gasteiger partial charge in [0, 0.05) is 27.2 Å². The molecule has 2 N–H and O–H groups in total. The Bertz CT molecular complexity index is 1290. The van der Waals surface area contributed by atoms with Gasteiger partial charge in [0.1, 0.15) is 6.61 Å². The maximum Gasteiger partial charge on any atom is 0.415 e. The fourth-order valence-electron chi connectivity index (χ4n) is 5.72. The number of ether oxygens (including phenoxy) is 3. The standard InChI is InChI=1S/C21H20FN5O7.C2H6O/c1-8-7-27-13-10(5-11-14(12(13)22)34-25-16(11)26-3-4-32-20(26)31)6-21(15(27)9(2)33-8)17(28)23-19(30)24-18(21)29;1-3-2/h5,8-9,15H,3-4,6-7H2,1-2H3,(H2,23,24,28,29,30);1-2H3/t8-,9?,15?;/m1./s1.